The first-order valence-electron chi connectivity index (χ1n) is 11.3. The van der Waals surface area contributed by atoms with Crippen molar-refractivity contribution in [2.24, 2.45) is 0 Å². The van der Waals surface area contributed by atoms with Gasteiger partial charge in [-0.1, -0.05) is 60.2 Å². The Morgan fingerprint density at radius 2 is 1.88 bits per heavy atom. The molecule has 1 saturated heterocycles. The molecule has 2 aromatic carbocycles. The molecule has 4 aromatic rings. The molecule has 1 amide bonds. The number of carbonyl (C=O) groups excluding carboxylic acids is 1. The van der Waals surface area contributed by atoms with Gasteiger partial charge >= 0.3 is 0 Å². The van der Waals surface area contributed by atoms with Gasteiger partial charge in [-0.2, -0.15) is 9.61 Å². The van der Waals surface area contributed by atoms with Gasteiger partial charge in [-0.25, -0.2) is 4.98 Å². The van der Waals surface area contributed by atoms with E-state index in [0.717, 1.165) is 36.0 Å². The van der Waals surface area contributed by atoms with Crippen LogP contribution in [0.2, 0.25) is 0 Å². The lowest BCUT2D eigenvalue weighted by atomic mass is 9.88. The molecule has 0 saturated carbocycles. The van der Waals surface area contributed by atoms with Gasteiger partial charge in [0, 0.05) is 25.8 Å². The first-order chi connectivity index (χ1) is 16.1. The number of halogens is 1. The SMILES string of the molecule is Cc1cccc(C2CCN(C(=O)c3cnc4c(Br)cnn4c3NCc3ccccc3)CC2)c1. The van der Waals surface area contributed by atoms with Gasteiger partial charge in [-0.05, 0) is 52.7 Å². The second-order valence-electron chi connectivity index (χ2n) is 8.57. The summed E-state index contributed by atoms with van der Waals surface area (Å²) in [5.74, 6) is 1.15. The average molecular weight is 504 g/mol. The highest BCUT2D eigenvalue weighted by molar-refractivity contribution is 9.10. The summed E-state index contributed by atoms with van der Waals surface area (Å²) in [5.41, 5.74) is 5.01. The minimum absolute atomic E-state index is 0.00530. The van der Waals surface area contributed by atoms with Gasteiger partial charge in [-0.15, -0.1) is 0 Å². The van der Waals surface area contributed by atoms with Gasteiger partial charge in [0.25, 0.3) is 5.91 Å². The van der Waals surface area contributed by atoms with Crippen LogP contribution < -0.4 is 5.32 Å². The molecular formula is C26H26BrN5O. The highest BCUT2D eigenvalue weighted by atomic mass is 79.9. The minimum Gasteiger partial charge on any atom is -0.365 e. The number of fused-ring (bicyclic) bond motifs is 1. The summed E-state index contributed by atoms with van der Waals surface area (Å²) in [6.07, 6.45) is 5.30. The molecule has 7 heteroatoms. The lowest BCUT2D eigenvalue weighted by molar-refractivity contribution is 0.0713. The second kappa shape index (κ2) is 9.35. The van der Waals surface area contributed by atoms with Crippen LogP contribution in [-0.4, -0.2) is 38.5 Å². The Balaban J connectivity index is 1.38. The molecule has 1 aliphatic heterocycles. The van der Waals surface area contributed by atoms with Gasteiger partial charge in [-0.3, -0.25) is 4.79 Å². The number of amides is 1. The number of hydrogen-bond donors (Lipinski definition) is 1. The van der Waals surface area contributed by atoms with Gasteiger partial charge in [0.2, 0.25) is 0 Å². The number of piperidine rings is 1. The molecule has 1 N–H and O–H groups in total. The predicted molar refractivity (Wildman–Crippen MR) is 134 cm³/mol. The van der Waals surface area contributed by atoms with Crippen LogP contribution in [0.4, 0.5) is 5.82 Å². The quantitative estimate of drug-likeness (QED) is 0.394. The maximum atomic E-state index is 13.6. The van der Waals surface area contributed by atoms with Crippen molar-refractivity contribution < 1.29 is 4.79 Å². The molecule has 168 valence electrons. The zero-order valence-corrected chi connectivity index (χ0v) is 20.1. The van der Waals surface area contributed by atoms with Gasteiger partial charge in [0.15, 0.2) is 5.65 Å². The van der Waals surface area contributed by atoms with Crippen molar-refractivity contribution in [2.45, 2.75) is 32.2 Å². The Kier molecular flexibility index (Phi) is 6.13. The molecule has 33 heavy (non-hydrogen) atoms. The minimum atomic E-state index is -0.00530. The van der Waals surface area contributed by atoms with E-state index in [1.165, 1.54) is 11.1 Å². The van der Waals surface area contributed by atoms with E-state index in [1.807, 2.05) is 23.1 Å². The molecule has 0 bridgehead atoms. The number of nitrogens with zero attached hydrogens (tertiary/aromatic N) is 4. The van der Waals surface area contributed by atoms with E-state index in [-0.39, 0.29) is 5.91 Å². The number of likely N-dealkylation sites (tertiary alicyclic amines) is 1. The van der Waals surface area contributed by atoms with E-state index in [9.17, 15) is 4.79 Å². The van der Waals surface area contributed by atoms with Crippen molar-refractivity contribution >= 4 is 33.3 Å². The number of anilines is 1. The number of benzene rings is 2. The maximum absolute atomic E-state index is 13.6. The summed E-state index contributed by atoms with van der Waals surface area (Å²) in [6.45, 7) is 4.18. The standard InChI is InChI=1S/C26H26BrN5O/c1-18-6-5-9-21(14-18)20-10-12-31(13-11-20)26(33)22-16-29-25-23(27)17-30-32(25)24(22)28-15-19-7-3-2-4-8-19/h2-9,14,16-17,20,28H,10-13,15H2,1H3. The smallest absolute Gasteiger partial charge is 0.259 e. The molecule has 0 radical (unpaired) electrons. The summed E-state index contributed by atoms with van der Waals surface area (Å²) in [4.78, 5) is 20.0. The first-order valence-corrected chi connectivity index (χ1v) is 12.1. The summed E-state index contributed by atoms with van der Waals surface area (Å²) < 4.78 is 2.50. The molecule has 6 nitrogen and oxygen atoms in total. The van der Waals surface area contributed by atoms with Crippen LogP contribution in [0.3, 0.4) is 0 Å². The van der Waals surface area contributed by atoms with E-state index in [0.29, 0.717) is 29.5 Å². The van der Waals surface area contributed by atoms with Crippen LogP contribution >= 0.6 is 15.9 Å². The van der Waals surface area contributed by atoms with Crippen LogP contribution in [0.25, 0.3) is 5.65 Å². The summed E-state index contributed by atoms with van der Waals surface area (Å²) in [6, 6.07) is 18.8. The number of rotatable bonds is 5. The van der Waals surface area contributed by atoms with Crippen molar-refractivity contribution in [3.8, 4) is 0 Å². The third kappa shape index (κ3) is 4.50. The number of aromatic nitrogens is 3. The van der Waals surface area contributed by atoms with E-state index in [1.54, 1.807) is 16.9 Å². The third-order valence-electron chi connectivity index (χ3n) is 6.31. The molecule has 5 rings (SSSR count). The number of carbonyl (C=O) groups is 1. The van der Waals surface area contributed by atoms with Crippen LogP contribution in [-0.2, 0) is 6.54 Å². The number of hydrogen-bond acceptors (Lipinski definition) is 4. The largest absolute Gasteiger partial charge is 0.365 e. The van der Waals surface area contributed by atoms with Crippen LogP contribution in [0.15, 0.2) is 71.5 Å². The van der Waals surface area contributed by atoms with E-state index >= 15 is 0 Å². The first kappa shape index (κ1) is 21.6. The number of nitrogens with one attached hydrogen (secondary N) is 1. The third-order valence-corrected chi connectivity index (χ3v) is 6.87. The van der Waals surface area contributed by atoms with E-state index in [2.05, 4.69) is 74.7 Å². The monoisotopic (exact) mass is 503 g/mol. The summed E-state index contributed by atoms with van der Waals surface area (Å²) >= 11 is 3.50. The molecule has 3 heterocycles. The fourth-order valence-electron chi connectivity index (χ4n) is 4.52. The topological polar surface area (TPSA) is 62.5 Å². The van der Waals surface area contributed by atoms with Gasteiger partial charge < -0.3 is 10.2 Å². The second-order valence-corrected chi connectivity index (χ2v) is 9.42. The maximum Gasteiger partial charge on any atom is 0.259 e. The molecule has 0 unspecified atom stereocenters. The van der Waals surface area contributed by atoms with E-state index in [4.69, 9.17) is 0 Å². The Morgan fingerprint density at radius 1 is 1.09 bits per heavy atom. The van der Waals surface area contributed by atoms with Crippen molar-refractivity contribution in [1.82, 2.24) is 19.5 Å². The van der Waals surface area contributed by atoms with Crippen molar-refractivity contribution in [1.29, 1.82) is 0 Å². The number of aryl methyl sites for hydroxylation is 1. The predicted octanol–water partition coefficient (Wildman–Crippen LogP) is 5.43. The lowest BCUT2D eigenvalue weighted by Crippen LogP contribution is -2.38. The zero-order valence-electron chi connectivity index (χ0n) is 18.5. The normalized spacial score (nSPS) is 14.5. The van der Waals surface area contributed by atoms with Crippen molar-refractivity contribution in [3.63, 3.8) is 0 Å². The lowest BCUT2D eigenvalue weighted by Gasteiger charge is -2.32. The fraction of sp³-hybridized carbons (Fsp3) is 0.269. The molecule has 2 aromatic heterocycles. The summed E-state index contributed by atoms with van der Waals surface area (Å²) in [7, 11) is 0. The molecule has 1 aliphatic rings. The summed E-state index contributed by atoms with van der Waals surface area (Å²) in [5, 5.41) is 7.89. The molecule has 0 aliphatic carbocycles. The highest BCUT2D eigenvalue weighted by Crippen LogP contribution is 2.30. The van der Waals surface area contributed by atoms with Crippen LogP contribution in [0.1, 0.15) is 45.8 Å². The van der Waals surface area contributed by atoms with Gasteiger partial charge in [0.05, 0.1) is 10.7 Å². The Bertz CT molecular complexity index is 1280. The van der Waals surface area contributed by atoms with Crippen LogP contribution in [0, 0.1) is 6.92 Å². The van der Waals surface area contributed by atoms with E-state index < -0.39 is 0 Å². The Morgan fingerprint density at radius 3 is 2.64 bits per heavy atom. The van der Waals surface area contributed by atoms with Gasteiger partial charge in [0.1, 0.15) is 11.4 Å². The van der Waals surface area contributed by atoms with Crippen molar-refractivity contribution in [2.75, 3.05) is 18.4 Å². The van der Waals surface area contributed by atoms with Crippen LogP contribution in [0.5, 0.6) is 0 Å². The highest BCUT2D eigenvalue weighted by Gasteiger charge is 2.27. The molecular weight excluding hydrogens is 478 g/mol. The Hall–Kier alpha value is -3.19. The molecule has 0 spiro atoms. The molecule has 1 fully saturated rings. The fourth-order valence-corrected chi connectivity index (χ4v) is 4.88. The Labute approximate surface area is 201 Å². The van der Waals surface area contributed by atoms with Crippen molar-refractivity contribution in [3.05, 3.63) is 93.7 Å². The molecule has 0 atom stereocenters. The zero-order chi connectivity index (χ0) is 22.8. The average Bonchev–Trinajstić information content (AvgIpc) is 3.24.